The summed E-state index contributed by atoms with van der Waals surface area (Å²) in [6.45, 7) is 29.4. The molecule has 15 heteroatoms. The number of aryl methyl sites for hydroxylation is 4. The number of nitrogens with zero attached hydrogens (tertiary/aromatic N) is 8. The van der Waals surface area contributed by atoms with E-state index in [2.05, 4.69) is 104 Å². The number of hydrogen-bond donors (Lipinski definition) is 4. The molecule has 0 radical (unpaired) electrons. The lowest BCUT2D eigenvalue weighted by molar-refractivity contribution is -0.185. The molecule has 0 amide bonds. The van der Waals surface area contributed by atoms with Crippen molar-refractivity contribution in [3.63, 3.8) is 0 Å². The van der Waals surface area contributed by atoms with Gasteiger partial charge in [-0.15, -0.1) is 0 Å². The number of piperidine rings is 1. The van der Waals surface area contributed by atoms with Gasteiger partial charge >= 0.3 is 6.18 Å². The third kappa shape index (κ3) is 11.4. The first-order valence-corrected chi connectivity index (χ1v) is 23.5. The number of likely N-dealkylation sites (tertiary alicyclic amines) is 1. The Morgan fingerprint density at radius 1 is 0.851 bits per heavy atom. The van der Waals surface area contributed by atoms with E-state index in [9.17, 15) is 13.2 Å². The van der Waals surface area contributed by atoms with E-state index in [0.29, 0.717) is 62.6 Å². The van der Waals surface area contributed by atoms with E-state index >= 15 is 0 Å². The lowest BCUT2D eigenvalue weighted by atomic mass is 9.96. The average Bonchev–Trinajstić information content (AvgIpc) is 3.97. The molecule has 5 N–H and O–H groups in total. The largest absolute Gasteiger partial charge is 0.399 e. The number of hydrogen-bond acceptors (Lipinski definition) is 9. The van der Waals surface area contributed by atoms with Gasteiger partial charge in [0.2, 0.25) is 11.9 Å². The van der Waals surface area contributed by atoms with Crippen LogP contribution in [-0.4, -0.2) is 78.9 Å². The Morgan fingerprint density at radius 3 is 2.03 bits per heavy atom. The Kier molecular flexibility index (Phi) is 15.3. The van der Waals surface area contributed by atoms with Crippen molar-refractivity contribution in [2.24, 2.45) is 16.6 Å². The minimum atomic E-state index is -4.11. The van der Waals surface area contributed by atoms with Crippen LogP contribution in [0.15, 0.2) is 91.1 Å². The predicted octanol–water partition coefficient (Wildman–Crippen LogP) is 10.6. The fraction of sp³-hybridized carbons (Fsp3) is 0.423. The predicted molar refractivity (Wildman–Crippen MR) is 271 cm³/mol. The van der Waals surface area contributed by atoms with Crippen molar-refractivity contribution in [2.45, 2.75) is 105 Å². The van der Waals surface area contributed by atoms with Crippen LogP contribution >= 0.6 is 0 Å². The molecule has 356 valence electrons. The van der Waals surface area contributed by atoms with Gasteiger partial charge in [-0.25, -0.2) is 9.97 Å². The SMILES string of the molecule is C=C(Nc1nc2cc(C(=C)N)cc3c2n1C/C=C/Cn1c(NC(=C)c2cc(C)nn2CC)nc2cc(C(=C)NCCCN4CCC(C(F)(F)F)CC4)cc(c21)CCCCC3)/C(C)=C/C(C)=NC. The van der Waals surface area contributed by atoms with E-state index in [-0.39, 0.29) is 12.8 Å². The Balaban J connectivity index is 1.21. The van der Waals surface area contributed by atoms with Crippen molar-refractivity contribution in [3.05, 3.63) is 120 Å². The molecule has 1 saturated heterocycles. The standard InChI is InChI=1S/C52H67F3N12/c1-10-67-47(28-35(4)63-67)39(8)60-51-62-46-32-43(38(7)58-21-16-22-64-25-19-44(20-26-64)52(53,54)55)30-41-18-13-11-12-17-40-29-42(36(5)56)31-45-48(40)65(23-14-15-24-66(51)49(41)46)50(61-45)59-37(6)33(2)27-34(3)57-9/h14-15,27-32,44,58H,5-8,10-13,16-26,56H2,1-4,9H3,(H,59,61)(H,60,62)/b15-14+,33-27+,57-34?. The summed E-state index contributed by atoms with van der Waals surface area (Å²) >= 11 is 0. The van der Waals surface area contributed by atoms with Crippen molar-refractivity contribution < 1.29 is 13.2 Å². The smallest absolute Gasteiger partial charge is 0.391 e. The van der Waals surface area contributed by atoms with Gasteiger partial charge in [0.15, 0.2) is 0 Å². The van der Waals surface area contributed by atoms with Crippen LogP contribution in [0.4, 0.5) is 25.1 Å². The number of nitrogens with two attached hydrogens (primary N) is 1. The molecule has 1 fully saturated rings. The van der Waals surface area contributed by atoms with E-state index in [1.807, 2.05) is 43.7 Å². The van der Waals surface area contributed by atoms with Crippen LogP contribution in [0.1, 0.15) is 92.9 Å². The topological polar surface area (TPSA) is 131 Å². The van der Waals surface area contributed by atoms with Crippen LogP contribution < -0.4 is 21.7 Å². The van der Waals surface area contributed by atoms with Gasteiger partial charge in [-0.1, -0.05) is 44.9 Å². The molecule has 0 bridgehead atoms. The van der Waals surface area contributed by atoms with Gasteiger partial charge in [-0.3, -0.25) is 9.67 Å². The highest BCUT2D eigenvalue weighted by Crippen LogP contribution is 2.35. The summed E-state index contributed by atoms with van der Waals surface area (Å²) in [5.41, 5.74) is 20.6. The highest BCUT2D eigenvalue weighted by atomic mass is 19.4. The first kappa shape index (κ1) is 48.6. The number of aromatic nitrogens is 6. The molecule has 3 aromatic heterocycles. The highest BCUT2D eigenvalue weighted by molar-refractivity contribution is 5.94. The fourth-order valence-corrected chi connectivity index (χ4v) is 9.22. The second-order valence-electron chi connectivity index (χ2n) is 18.0. The number of aliphatic imine (C=N–C) groups is 1. The van der Waals surface area contributed by atoms with Crippen molar-refractivity contribution in [2.75, 3.05) is 43.9 Å². The second kappa shape index (κ2) is 21.1. The van der Waals surface area contributed by atoms with Crippen molar-refractivity contribution in [1.82, 2.24) is 39.1 Å². The first-order chi connectivity index (χ1) is 32.0. The van der Waals surface area contributed by atoms with E-state index in [1.165, 1.54) is 5.56 Å². The summed E-state index contributed by atoms with van der Waals surface area (Å²) in [6, 6.07) is 10.5. The molecule has 0 atom stereocenters. The van der Waals surface area contributed by atoms with Crippen LogP contribution in [0.2, 0.25) is 0 Å². The highest BCUT2D eigenvalue weighted by Gasteiger charge is 2.41. The third-order valence-corrected chi connectivity index (χ3v) is 13.0. The number of imidazole rings is 2. The Hall–Kier alpha value is -6.35. The van der Waals surface area contributed by atoms with Gasteiger partial charge in [0.1, 0.15) is 0 Å². The number of allylic oxidation sites excluding steroid dienone is 4. The minimum absolute atomic E-state index is 0.163. The molecule has 7 rings (SSSR count). The maximum Gasteiger partial charge on any atom is 0.391 e. The van der Waals surface area contributed by atoms with Crippen molar-refractivity contribution in [3.8, 4) is 0 Å². The molecular weight excluding hydrogens is 850 g/mol. The zero-order chi connectivity index (χ0) is 48.0. The molecule has 0 saturated carbocycles. The molecule has 2 aliphatic heterocycles. The number of nitrogens with one attached hydrogen (secondary N) is 3. The normalized spacial score (nSPS) is 16.4. The minimum Gasteiger partial charge on any atom is -0.399 e. The maximum atomic E-state index is 13.2. The summed E-state index contributed by atoms with van der Waals surface area (Å²) in [6.07, 6.45) is 7.88. The Bertz CT molecular complexity index is 2750. The number of anilines is 2. The zero-order valence-electron chi connectivity index (χ0n) is 39.9. The molecule has 0 spiro atoms. The molecule has 0 aliphatic carbocycles. The van der Waals surface area contributed by atoms with Crippen molar-refractivity contribution >= 4 is 56.8 Å². The van der Waals surface area contributed by atoms with Crippen LogP contribution in [0, 0.1) is 12.8 Å². The van der Waals surface area contributed by atoms with Gasteiger partial charge in [0.05, 0.1) is 45.1 Å². The van der Waals surface area contributed by atoms with Crippen LogP contribution in [0.5, 0.6) is 0 Å². The Morgan fingerprint density at radius 2 is 1.45 bits per heavy atom. The van der Waals surface area contributed by atoms with Gasteiger partial charge in [0.25, 0.3) is 0 Å². The summed E-state index contributed by atoms with van der Waals surface area (Å²) in [4.78, 5) is 16.8. The summed E-state index contributed by atoms with van der Waals surface area (Å²) < 4.78 is 46.1. The van der Waals surface area contributed by atoms with Gasteiger partial charge in [-0.05, 0) is 157 Å². The van der Waals surface area contributed by atoms with Gasteiger partial charge in [-0.2, -0.15) is 18.3 Å². The summed E-state index contributed by atoms with van der Waals surface area (Å²) in [5, 5.41) is 15.3. The molecule has 5 heterocycles. The van der Waals surface area contributed by atoms with Crippen LogP contribution in [0.25, 0.3) is 39.2 Å². The molecule has 12 nitrogen and oxygen atoms in total. The maximum absolute atomic E-state index is 13.2. The number of benzene rings is 2. The number of rotatable bonds is 15. The second-order valence-corrected chi connectivity index (χ2v) is 18.0. The first-order valence-electron chi connectivity index (χ1n) is 23.5. The van der Waals surface area contributed by atoms with Crippen LogP contribution in [-0.2, 0) is 32.5 Å². The molecule has 0 unspecified atom stereocenters. The molecule has 67 heavy (non-hydrogen) atoms. The van der Waals surface area contributed by atoms with E-state index < -0.39 is 12.1 Å². The third-order valence-electron chi connectivity index (χ3n) is 13.0. The van der Waals surface area contributed by atoms with E-state index in [4.69, 9.17) is 15.7 Å². The van der Waals surface area contributed by atoms with E-state index in [1.54, 1.807) is 7.05 Å². The zero-order valence-corrected chi connectivity index (χ0v) is 39.9. The van der Waals surface area contributed by atoms with Crippen molar-refractivity contribution in [1.29, 1.82) is 0 Å². The fourth-order valence-electron chi connectivity index (χ4n) is 9.22. The monoisotopic (exact) mass is 917 g/mol. The quantitative estimate of drug-likeness (QED) is 0.0353. The molecular formula is C52H67F3N12. The lowest BCUT2D eigenvalue weighted by Crippen LogP contribution is -2.39. The Labute approximate surface area is 393 Å². The van der Waals surface area contributed by atoms with Crippen LogP contribution in [0.3, 0.4) is 0 Å². The molecule has 2 aromatic carbocycles. The lowest BCUT2D eigenvalue weighted by Gasteiger charge is -2.32. The molecule has 2 aliphatic rings. The van der Waals surface area contributed by atoms with Gasteiger partial charge < -0.3 is 35.7 Å². The van der Waals surface area contributed by atoms with Gasteiger partial charge in [0, 0.05) is 56.0 Å². The average molecular weight is 917 g/mol. The number of alkyl halides is 3. The number of halogens is 3. The van der Waals surface area contributed by atoms with E-state index in [0.717, 1.165) is 118 Å². The summed E-state index contributed by atoms with van der Waals surface area (Å²) in [5.74, 6) is 0.150. The molecule has 5 aromatic rings. The summed E-state index contributed by atoms with van der Waals surface area (Å²) in [7, 11) is 1.77.